The number of thiophene rings is 1. The zero-order chi connectivity index (χ0) is 16.4. The van der Waals surface area contributed by atoms with Crippen LogP contribution in [-0.2, 0) is 14.8 Å². The lowest BCUT2D eigenvalue weighted by Gasteiger charge is -2.25. The maximum absolute atomic E-state index is 12.7. The smallest absolute Gasteiger partial charge is 0.267 e. The van der Waals surface area contributed by atoms with Crippen molar-refractivity contribution in [3.63, 3.8) is 0 Å². The van der Waals surface area contributed by atoms with Crippen molar-refractivity contribution < 1.29 is 17.9 Å². The monoisotopic (exact) mass is 374 g/mol. The molecule has 1 saturated heterocycles. The van der Waals surface area contributed by atoms with Gasteiger partial charge in [-0.1, -0.05) is 11.3 Å². The molecular weight excluding hydrogens is 360 g/mol. The van der Waals surface area contributed by atoms with Crippen molar-refractivity contribution in [2.45, 2.75) is 11.8 Å². The fourth-order valence-corrected chi connectivity index (χ4v) is 5.45. The largest absolute Gasteiger partial charge is 0.379 e. The molecule has 0 aromatic carbocycles. The number of rotatable bonds is 4. The first-order valence-corrected chi connectivity index (χ1v) is 9.88. The molecule has 2 aromatic heterocycles. The zero-order valence-corrected chi connectivity index (χ0v) is 14.6. The number of aryl methyl sites for hydroxylation is 1. The number of hydrogen-bond acceptors (Lipinski definition) is 8. The van der Waals surface area contributed by atoms with Crippen LogP contribution in [0.25, 0.3) is 0 Å². The molecule has 2 aromatic rings. The standard InChI is InChI=1S/C12H14N4O4S3/c1-8-10(23(18,19)16-2-4-20-5-3-16)6-9(22-8)11(17)14-12-15-13-7-21-12/h6-7H,2-5H2,1H3,(H,14,15,17). The molecule has 0 aliphatic carbocycles. The van der Waals surface area contributed by atoms with Crippen molar-refractivity contribution >= 4 is 43.7 Å². The van der Waals surface area contributed by atoms with Gasteiger partial charge in [0.25, 0.3) is 5.91 Å². The van der Waals surface area contributed by atoms with E-state index in [1.54, 1.807) is 6.92 Å². The number of morpholine rings is 1. The molecule has 0 spiro atoms. The van der Waals surface area contributed by atoms with Crippen LogP contribution in [0.4, 0.5) is 5.13 Å². The summed E-state index contributed by atoms with van der Waals surface area (Å²) in [6.45, 7) is 3.10. The van der Waals surface area contributed by atoms with Crippen LogP contribution < -0.4 is 5.32 Å². The molecule has 11 heteroatoms. The molecule has 0 saturated carbocycles. The summed E-state index contributed by atoms with van der Waals surface area (Å²) in [5, 5.41) is 10.3. The van der Waals surface area contributed by atoms with Gasteiger partial charge < -0.3 is 4.74 Å². The predicted molar refractivity (Wildman–Crippen MR) is 86.5 cm³/mol. The summed E-state index contributed by atoms with van der Waals surface area (Å²) in [6, 6.07) is 1.42. The van der Waals surface area contributed by atoms with Crippen LogP contribution in [0.1, 0.15) is 14.5 Å². The summed E-state index contributed by atoms with van der Waals surface area (Å²) in [4.78, 5) is 13.3. The number of nitrogens with one attached hydrogen (secondary N) is 1. The number of sulfonamides is 1. The van der Waals surface area contributed by atoms with E-state index in [1.165, 1.54) is 27.2 Å². The highest BCUT2D eigenvalue weighted by Gasteiger charge is 2.30. The highest BCUT2D eigenvalue weighted by Crippen LogP contribution is 2.29. The number of ether oxygens (including phenoxy) is 1. The van der Waals surface area contributed by atoms with E-state index in [9.17, 15) is 13.2 Å². The second-order valence-corrected chi connectivity index (χ2v) is 8.74. The molecule has 1 aliphatic rings. The Labute approximate surface area is 141 Å². The molecule has 124 valence electrons. The van der Waals surface area contributed by atoms with Crippen LogP contribution >= 0.6 is 22.7 Å². The molecule has 0 radical (unpaired) electrons. The number of carbonyl (C=O) groups is 1. The van der Waals surface area contributed by atoms with Crippen LogP contribution in [0.15, 0.2) is 16.5 Å². The molecule has 0 unspecified atom stereocenters. The fraction of sp³-hybridized carbons (Fsp3) is 0.417. The summed E-state index contributed by atoms with van der Waals surface area (Å²) >= 11 is 2.34. The molecule has 1 aliphatic heterocycles. The first kappa shape index (κ1) is 16.5. The summed E-state index contributed by atoms with van der Waals surface area (Å²) in [6.07, 6.45) is 0. The first-order valence-electron chi connectivity index (χ1n) is 6.74. The molecule has 1 fully saturated rings. The highest BCUT2D eigenvalue weighted by molar-refractivity contribution is 7.89. The maximum atomic E-state index is 12.7. The lowest BCUT2D eigenvalue weighted by atomic mass is 10.4. The van der Waals surface area contributed by atoms with Crippen molar-refractivity contribution in [2.24, 2.45) is 0 Å². The third kappa shape index (κ3) is 3.43. The number of hydrogen-bond donors (Lipinski definition) is 1. The van der Waals surface area contributed by atoms with E-state index in [0.29, 0.717) is 41.2 Å². The number of nitrogens with zero attached hydrogens (tertiary/aromatic N) is 3. The van der Waals surface area contributed by atoms with Crippen LogP contribution in [-0.4, -0.2) is 55.1 Å². The Kier molecular flexibility index (Phi) is 4.73. The third-order valence-corrected chi connectivity index (χ3v) is 7.07. The molecule has 3 heterocycles. The predicted octanol–water partition coefficient (Wildman–Crippen LogP) is 1.18. The van der Waals surface area contributed by atoms with Gasteiger partial charge in [-0.25, -0.2) is 8.42 Å². The average molecular weight is 374 g/mol. The third-order valence-electron chi connectivity index (χ3n) is 3.26. The lowest BCUT2D eigenvalue weighted by molar-refractivity contribution is 0.0730. The minimum atomic E-state index is -3.61. The van der Waals surface area contributed by atoms with Gasteiger partial charge in [0.05, 0.1) is 23.0 Å². The van der Waals surface area contributed by atoms with E-state index in [-0.39, 0.29) is 4.90 Å². The molecule has 1 amide bonds. The zero-order valence-electron chi connectivity index (χ0n) is 12.2. The van der Waals surface area contributed by atoms with E-state index in [2.05, 4.69) is 15.5 Å². The van der Waals surface area contributed by atoms with Gasteiger partial charge in [0.1, 0.15) is 5.51 Å². The molecule has 0 bridgehead atoms. The number of aromatic nitrogens is 2. The number of carbonyl (C=O) groups excluding carboxylic acids is 1. The van der Waals surface area contributed by atoms with Crippen molar-refractivity contribution in [1.29, 1.82) is 0 Å². The van der Waals surface area contributed by atoms with E-state index < -0.39 is 15.9 Å². The molecule has 1 N–H and O–H groups in total. The molecular formula is C12H14N4O4S3. The molecule has 23 heavy (non-hydrogen) atoms. The average Bonchev–Trinajstić information content (AvgIpc) is 3.18. The maximum Gasteiger partial charge on any atom is 0.267 e. The summed E-state index contributed by atoms with van der Waals surface area (Å²) < 4.78 is 31.9. The van der Waals surface area contributed by atoms with Crippen molar-refractivity contribution in [3.8, 4) is 0 Å². The minimum absolute atomic E-state index is 0.173. The van der Waals surface area contributed by atoms with Crippen molar-refractivity contribution in [3.05, 3.63) is 21.3 Å². The Morgan fingerprint density at radius 1 is 1.39 bits per heavy atom. The van der Waals surface area contributed by atoms with E-state index >= 15 is 0 Å². The SMILES string of the molecule is Cc1sc(C(=O)Nc2nncs2)cc1S(=O)(=O)N1CCOCC1. The Bertz CT molecular complexity index is 794. The van der Waals surface area contributed by atoms with Crippen molar-refractivity contribution in [2.75, 3.05) is 31.6 Å². The summed E-state index contributed by atoms with van der Waals surface area (Å²) in [5.41, 5.74) is 1.50. The Balaban J connectivity index is 1.84. The topological polar surface area (TPSA) is 101 Å². The fourth-order valence-electron chi connectivity index (χ4n) is 2.15. The second-order valence-electron chi connectivity index (χ2n) is 4.75. The van der Waals surface area contributed by atoms with E-state index in [0.717, 1.165) is 11.3 Å². The van der Waals surface area contributed by atoms with E-state index in [1.807, 2.05) is 0 Å². The van der Waals surface area contributed by atoms with Gasteiger partial charge in [0, 0.05) is 18.0 Å². The number of amides is 1. The Hall–Kier alpha value is -1.40. The van der Waals surface area contributed by atoms with Crippen LogP contribution in [0, 0.1) is 6.92 Å². The van der Waals surface area contributed by atoms with Gasteiger partial charge >= 0.3 is 0 Å². The second kappa shape index (κ2) is 6.61. The van der Waals surface area contributed by atoms with Gasteiger partial charge in [0.2, 0.25) is 15.2 Å². The van der Waals surface area contributed by atoms with Gasteiger partial charge in [-0.05, 0) is 13.0 Å². The highest BCUT2D eigenvalue weighted by atomic mass is 32.2. The van der Waals surface area contributed by atoms with Crippen LogP contribution in [0.2, 0.25) is 0 Å². The van der Waals surface area contributed by atoms with Gasteiger partial charge in [-0.15, -0.1) is 21.5 Å². The van der Waals surface area contributed by atoms with Crippen LogP contribution in [0.5, 0.6) is 0 Å². The van der Waals surface area contributed by atoms with Gasteiger partial charge in [-0.2, -0.15) is 4.31 Å². The number of anilines is 1. The lowest BCUT2D eigenvalue weighted by Crippen LogP contribution is -2.40. The quantitative estimate of drug-likeness (QED) is 0.862. The summed E-state index contributed by atoms with van der Waals surface area (Å²) in [7, 11) is -3.61. The first-order chi connectivity index (χ1) is 11.0. The molecule has 8 nitrogen and oxygen atoms in total. The summed E-state index contributed by atoms with van der Waals surface area (Å²) in [5.74, 6) is -0.390. The van der Waals surface area contributed by atoms with Gasteiger partial charge in [-0.3, -0.25) is 10.1 Å². The van der Waals surface area contributed by atoms with E-state index in [4.69, 9.17) is 4.74 Å². The Morgan fingerprint density at radius 2 is 2.13 bits per heavy atom. The molecule has 3 rings (SSSR count). The van der Waals surface area contributed by atoms with Gasteiger partial charge in [0.15, 0.2) is 0 Å². The Morgan fingerprint density at radius 3 is 2.78 bits per heavy atom. The normalized spacial score (nSPS) is 16.4. The van der Waals surface area contributed by atoms with Crippen LogP contribution in [0.3, 0.4) is 0 Å². The molecule has 0 atom stereocenters. The minimum Gasteiger partial charge on any atom is -0.379 e. The van der Waals surface area contributed by atoms with Crippen molar-refractivity contribution in [1.82, 2.24) is 14.5 Å².